The molecular weight excluding hydrogens is 274 g/mol. The van der Waals surface area contributed by atoms with Gasteiger partial charge >= 0.3 is 5.97 Å². The fourth-order valence-electron chi connectivity index (χ4n) is 1.64. The van der Waals surface area contributed by atoms with Crippen molar-refractivity contribution in [2.45, 2.75) is 0 Å². The summed E-state index contributed by atoms with van der Waals surface area (Å²) in [6.45, 7) is -0.411. The highest BCUT2D eigenvalue weighted by Crippen LogP contribution is 2.12. The molecule has 0 saturated heterocycles. The Kier molecular flexibility index (Phi) is 4.40. The summed E-state index contributed by atoms with van der Waals surface area (Å²) in [5.74, 6) is -1.01. The van der Waals surface area contributed by atoms with Gasteiger partial charge in [-0.05, 0) is 24.3 Å². The van der Waals surface area contributed by atoms with Crippen LogP contribution in [0.15, 0.2) is 54.6 Å². The van der Waals surface area contributed by atoms with Gasteiger partial charge < -0.3 is 4.74 Å². The van der Waals surface area contributed by atoms with Crippen LogP contribution in [-0.2, 0) is 4.74 Å². The van der Waals surface area contributed by atoms with Crippen LogP contribution in [0, 0.1) is 10.1 Å². The molecule has 6 heteroatoms. The maximum Gasteiger partial charge on any atom is 0.338 e. The Balaban J connectivity index is 1.96. The Hall–Kier alpha value is -3.02. The van der Waals surface area contributed by atoms with Crippen LogP contribution >= 0.6 is 0 Å². The molecule has 0 aliphatic rings. The van der Waals surface area contributed by atoms with Crippen LogP contribution in [-0.4, -0.2) is 23.3 Å². The van der Waals surface area contributed by atoms with Gasteiger partial charge in [0.1, 0.15) is 0 Å². The second kappa shape index (κ2) is 6.42. The van der Waals surface area contributed by atoms with Crippen LogP contribution in [0.25, 0.3) is 0 Å². The molecule has 0 amide bonds. The first-order chi connectivity index (χ1) is 10.1. The standard InChI is InChI=1S/C15H11NO5/c17-14(11-6-8-13(9-7-11)16(19)20)10-21-15(18)12-4-2-1-3-5-12/h1-9H,10H2. The summed E-state index contributed by atoms with van der Waals surface area (Å²) < 4.78 is 4.90. The van der Waals surface area contributed by atoms with Crippen molar-refractivity contribution in [3.8, 4) is 0 Å². The maximum atomic E-state index is 11.8. The molecule has 0 atom stereocenters. The number of carbonyl (C=O) groups excluding carboxylic acids is 2. The summed E-state index contributed by atoms with van der Waals surface area (Å²) in [6.07, 6.45) is 0. The van der Waals surface area contributed by atoms with Gasteiger partial charge in [-0.25, -0.2) is 4.79 Å². The zero-order chi connectivity index (χ0) is 15.2. The quantitative estimate of drug-likeness (QED) is 0.365. The van der Waals surface area contributed by atoms with E-state index in [1.54, 1.807) is 30.3 Å². The number of nitro groups is 1. The van der Waals surface area contributed by atoms with Crippen molar-refractivity contribution in [1.29, 1.82) is 0 Å². The molecule has 21 heavy (non-hydrogen) atoms. The molecule has 0 unspecified atom stereocenters. The van der Waals surface area contributed by atoms with Gasteiger partial charge in [0, 0.05) is 17.7 Å². The third-order valence-corrected chi connectivity index (χ3v) is 2.74. The lowest BCUT2D eigenvalue weighted by Crippen LogP contribution is -2.14. The number of ketones is 1. The van der Waals surface area contributed by atoms with Gasteiger partial charge in [0.15, 0.2) is 12.4 Å². The van der Waals surface area contributed by atoms with E-state index in [-0.39, 0.29) is 11.3 Å². The van der Waals surface area contributed by atoms with Gasteiger partial charge in [0.2, 0.25) is 0 Å². The number of hydrogen-bond donors (Lipinski definition) is 0. The Morgan fingerprint density at radius 3 is 2.14 bits per heavy atom. The minimum Gasteiger partial charge on any atom is -0.454 e. The molecule has 2 aromatic rings. The first kappa shape index (κ1) is 14.4. The van der Waals surface area contributed by atoms with Gasteiger partial charge in [-0.15, -0.1) is 0 Å². The molecule has 0 aromatic heterocycles. The summed E-state index contributed by atoms with van der Waals surface area (Å²) in [5, 5.41) is 10.5. The van der Waals surface area contributed by atoms with Gasteiger partial charge in [-0.1, -0.05) is 18.2 Å². The van der Waals surface area contributed by atoms with Crippen molar-refractivity contribution in [1.82, 2.24) is 0 Å². The van der Waals surface area contributed by atoms with E-state index >= 15 is 0 Å². The van der Waals surface area contributed by atoms with E-state index in [4.69, 9.17) is 4.74 Å². The van der Waals surface area contributed by atoms with Crippen molar-refractivity contribution < 1.29 is 19.2 Å². The molecule has 6 nitrogen and oxygen atoms in total. The molecule has 0 aliphatic carbocycles. The van der Waals surface area contributed by atoms with Crippen molar-refractivity contribution in [2.24, 2.45) is 0 Å². The van der Waals surface area contributed by atoms with Crippen molar-refractivity contribution in [3.05, 3.63) is 75.8 Å². The van der Waals surface area contributed by atoms with E-state index in [2.05, 4.69) is 0 Å². The molecule has 2 rings (SSSR count). The van der Waals surface area contributed by atoms with Crippen LogP contribution in [0.3, 0.4) is 0 Å². The summed E-state index contributed by atoms with van der Waals surface area (Å²) >= 11 is 0. The smallest absolute Gasteiger partial charge is 0.338 e. The molecule has 0 radical (unpaired) electrons. The summed E-state index contributed by atoms with van der Waals surface area (Å²) in [4.78, 5) is 33.4. The Morgan fingerprint density at radius 1 is 0.952 bits per heavy atom. The number of non-ortho nitro benzene ring substituents is 1. The molecule has 0 spiro atoms. The van der Waals surface area contributed by atoms with Crippen molar-refractivity contribution in [3.63, 3.8) is 0 Å². The SMILES string of the molecule is O=C(COC(=O)c1ccccc1)c1ccc([N+](=O)[O-])cc1. The molecule has 0 aliphatic heterocycles. The van der Waals surface area contributed by atoms with Gasteiger partial charge in [-0.3, -0.25) is 14.9 Å². The number of hydrogen-bond acceptors (Lipinski definition) is 5. The van der Waals surface area contributed by atoms with E-state index in [0.717, 1.165) is 0 Å². The number of nitro benzene ring substituents is 1. The second-order valence-corrected chi connectivity index (χ2v) is 4.17. The number of esters is 1. The predicted octanol–water partition coefficient (Wildman–Crippen LogP) is 2.63. The second-order valence-electron chi connectivity index (χ2n) is 4.17. The topological polar surface area (TPSA) is 86.5 Å². The Labute approximate surface area is 120 Å². The van der Waals surface area contributed by atoms with Gasteiger partial charge in [0.05, 0.1) is 10.5 Å². The van der Waals surface area contributed by atoms with Crippen LogP contribution in [0.2, 0.25) is 0 Å². The van der Waals surface area contributed by atoms with E-state index in [9.17, 15) is 19.7 Å². The number of ether oxygens (including phenoxy) is 1. The maximum absolute atomic E-state index is 11.8. The highest BCUT2D eigenvalue weighted by molar-refractivity contribution is 5.99. The lowest BCUT2D eigenvalue weighted by Gasteiger charge is -2.04. The van der Waals surface area contributed by atoms with Crippen LogP contribution in [0.1, 0.15) is 20.7 Å². The Bertz CT molecular complexity index is 664. The lowest BCUT2D eigenvalue weighted by molar-refractivity contribution is -0.384. The summed E-state index contributed by atoms with van der Waals surface area (Å²) in [6, 6.07) is 13.4. The molecular formula is C15H11NO5. The zero-order valence-corrected chi connectivity index (χ0v) is 10.9. The molecule has 0 fully saturated rings. The summed E-state index contributed by atoms with van der Waals surface area (Å²) in [7, 11) is 0. The third kappa shape index (κ3) is 3.73. The predicted molar refractivity (Wildman–Crippen MR) is 74.2 cm³/mol. The van der Waals surface area contributed by atoms with E-state index in [0.29, 0.717) is 5.56 Å². The minimum absolute atomic E-state index is 0.104. The largest absolute Gasteiger partial charge is 0.454 e. The summed E-state index contributed by atoms with van der Waals surface area (Å²) in [5.41, 5.74) is 0.503. The van der Waals surface area contributed by atoms with Gasteiger partial charge in [0.25, 0.3) is 5.69 Å². The van der Waals surface area contributed by atoms with Gasteiger partial charge in [-0.2, -0.15) is 0 Å². The van der Waals surface area contributed by atoms with Crippen molar-refractivity contribution >= 4 is 17.4 Å². The number of benzene rings is 2. The molecule has 106 valence electrons. The average molecular weight is 285 g/mol. The lowest BCUT2D eigenvalue weighted by atomic mass is 10.1. The van der Waals surface area contributed by atoms with Crippen LogP contribution in [0.4, 0.5) is 5.69 Å². The normalized spacial score (nSPS) is 9.90. The van der Waals surface area contributed by atoms with E-state index < -0.39 is 23.3 Å². The highest BCUT2D eigenvalue weighted by atomic mass is 16.6. The first-order valence-electron chi connectivity index (χ1n) is 6.08. The third-order valence-electron chi connectivity index (χ3n) is 2.74. The fraction of sp³-hybridized carbons (Fsp3) is 0.0667. The molecule has 0 heterocycles. The van der Waals surface area contributed by atoms with Crippen molar-refractivity contribution in [2.75, 3.05) is 6.61 Å². The number of rotatable bonds is 5. The number of carbonyl (C=O) groups is 2. The molecule has 0 N–H and O–H groups in total. The molecule has 2 aromatic carbocycles. The molecule has 0 bridgehead atoms. The molecule has 0 saturated carbocycles. The van der Waals surface area contributed by atoms with E-state index in [1.165, 1.54) is 24.3 Å². The number of nitrogens with zero attached hydrogens (tertiary/aromatic N) is 1. The monoisotopic (exact) mass is 285 g/mol. The zero-order valence-electron chi connectivity index (χ0n) is 10.9. The first-order valence-corrected chi connectivity index (χ1v) is 6.08. The van der Waals surface area contributed by atoms with Crippen LogP contribution < -0.4 is 0 Å². The minimum atomic E-state index is -0.592. The number of Topliss-reactive ketones (excluding diaryl/α,β-unsaturated/α-hetero) is 1. The van der Waals surface area contributed by atoms with Crippen LogP contribution in [0.5, 0.6) is 0 Å². The fourth-order valence-corrected chi connectivity index (χ4v) is 1.64. The average Bonchev–Trinajstić information content (AvgIpc) is 2.53. The highest BCUT2D eigenvalue weighted by Gasteiger charge is 2.13. The Morgan fingerprint density at radius 2 is 1.57 bits per heavy atom. The van der Waals surface area contributed by atoms with E-state index in [1.807, 2.05) is 0 Å².